The standard InChI is InChI=1S/C16H25ClN2O/c1-5-12-10-14(17)16(15(11-12)20-4)19-8-6-13(7-9-19)18(2)3/h10-11,13H,5-9H2,1-4H3. The van der Waals surface area contributed by atoms with Gasteiger partial charge in [-0.2, -0.15) is 0 Å². The van der Waals surface area contributed by atoms with Gasteiger partial charge in [0.1, 0.15) is 5.75 Å². The van der Waals surface area contributed by atoms with Crippen molar-refractivity contribution in [3.8, 4) is 5.75 Å². The lowest BCUT2D eigenvalue weighted by Gasteiger charge is -2.37. The van der Waals surface area contributed by atoms with Gasteiger partial charge in [0.2, 0.25) is 0 Å². The Kier molecular flexibility index (Phi) is 5.17. The number of halogens is 1. The second-order valence-electron chi connectivity index (χ2n) is 5.66. The van der Waals surface area contributed by atoms with Gasteiger partial charge in [-0.1, -0.05) is 18.5 Å². The van der Waals surface area contributed by atoms with Crippen molar-refractivity contribution in [3.05, 3.63) is 22.7 Å². The van der Waals surface area contributed by atoms with Crippen molar-refractivity contribution in [1.29, 1.82) is 0 Å². The Morgan fingerprint density at radius 1 is 1.30 bits per heavy atom. The molecule has 0 atom stereocenters. The molecule has 0 aliphatic carbocycles. The first kappa shape index (κ1) is 15.5. The van der Waals surface area contributed by atoms with Gasteiger partial charge in [-0.05, 0) is 51.1 Å². The fraction of sp³-hybridized carbons (Fsp3) is 0.625. The lowest BCUT2D eigenvalue weighted by molar-refractivity contribution is 0.249. The van der Waals surface area contributed by atoms with Crippen LogP contribution < -0.4 is 9.64 Å². The highest BCUT2D eigenvalue weighted by molar-refractivity contribution is 6.33. The number of hydrogen-bond donors (Lipinski definition) is 0. The molecule has 1 aromatic carbocycles. The molecule has 1 saturated heterocycles. The van der Waals surface area contributed by atoms with E-state index >= 15 is 0 Å². The first-order valence-electron chi connectivity index (χ1n) is 7.34. The normalized spacial score (nSPS) is 16.8. The van der Waals surface area contributed by atoms with E-state index in [1.807, 2.05) is 0 Å². The smallest absolute Gasteiger partial charge is 0.143 e. The predicted octanol–water partition coefficient (Wildman–Crippen LogP) is 3.44. The highest BCUT2D eigenvalue weighted by atomic mass is 35.5. The third kappa shape index (κ3) is 3.21. The van der Waals surface area contributed by atoms with E-state index in [4.69, 9.17) is 16.3 Å². The largest absolute Gasteiger partial charge is 0.495 e. The van der Waals surface area contributed by atoms with Crippen LogP contribution in [0.1, 0.15) is 25.3 Å². The van der Waals surface area contributed by atoms with Crippen molar-refractivity contribution in [2.45, 2.75) is 32.2 Å². The molecular formula is C16H25ClN2O. The van der Waals surface area contributed by atoms with E-state index in [0.29, 0.717) is 6.04 Å². The van der Waals surface area contributed by atoms with Crippen LogP contribution >= 0.6 is 11.6 Å². The fourth-order valence-corrected chi connectivity index (χ4v) is 3.25. The highest BCUT2D eigenvalue weighted by Gasteiger charge is 2.24. The number of anilines is 1. The number of nitrogens with zero attached hydrogens (tertiary/aromatic N) is 2. The van der Waals surface area contributed by atoms with Crippen molar-refractivity contribution in [2.24, 2.45) is 0 Å². The Morgan fingerprint density at radius 2 is 1.95 bits per heavy atom. The molecule has 0 saturated carbocycles. The molecule has 0 radical (unpaired) electrons. The molecule has 2 rings (SSSR count). The summed E-state index contributed by atoms with van der Waals surface area (Å²) in [5.41, 5.74) is 2.28. The summed E-state index contributed by atoms with van der Waals surface area (Å²) in [5, 5.41) is 0.810. The lowest BCUT2D eigenvalue weighted by Crippen LogP contribution is -2.42. The van der Waals surface area contributed by atoms with Crippen molar-refractivity contribution < 1.29 is 4.74 Å². The van der Waals surface area contributed by atoms with Crippen LogP contribution in [0.3, 0.4) is 0 Å². The Balaban J connectivity index is 2.21. The molecule has 0 amide bonds. The van der Waals surface area contributed by atoms with Crippen LogP contribution in [0.4, 0.5) is 5.69 Å². The van der Waals surface area contributed by atoms with E-state index in [-0.39, 0.29) is 0 Å². The maximum Gasteiger partial charge on any atom is 0.143 e. The van der Waals surface area contributed by atoms with Gasteiger partial charge in [0, 0.05) is 19.1 Å². The molecule has 3 nitrogen and oxygen atoms in total. The van der Waals surface area contributed by atoms with Gasteiger partial charge in [-0.25, -0.2) is 0 Å². The number of aryl methyl sites for hydroxylation is 1. The second kappa shape index (κ2) is 6.68. The zero-order chi connectivity index (χ0) is 14.7. The molecule has 4 heteroatoms. The van der Waals surface area contributed by atoms with Gasteiger partial charge in [0.05, 0.1) is 17.8 Å². The molecule has 0 unspecified atom stereocenters. The van der Waals surface area contributed by atoms with E-state index in [1.165, 1.54) is 18.4 Å². The summed E-state index contributed by atoms with van der Waals surface area (Å²) in [4.78, 5) is 4.68. The Bertz CT molecular complexity index is 454. The van der Waals surface area contributed by atoms with Crippen LogP contribution in [0.25, 0.3) is 0 Å². The van der Waals surface area contributed by atoms with Gasteiger partial charge < -0.3 is 14.5 Å². The molecule has 1 heterocycles. The summed E-state index contributed by atoms with van der Waals surface area (Å²) in [6.45, 7) is 4.20. The minimum atomic E-state index is 0.672. The number of ether oxygens (including phenoxy) is 1. The number of hydrogen-bond acceptors (Lipinski definition) is 3. The molecule has 0 aromatic heterocycles. The van der Waals surface area contributed by atoms with Crippen molar-refractivity contribution in [1.82, 2.24) is 4.90 Å². The second-order valence-corrected chi connectivity index (χ2v) is 6.07. The third-order valence-corrected chi connectivity index (χ3v) is 4.52. The summed E-state index contributed by atoms with van der Waals surface area (Å²) in [7, 11) is 6.04. The number of methoxy groups -OCH3 is 1. The summed E-state index contributed by atoms with van der Waals surface area (Å²) in [5.74, 6) is 0.901. The van der Waals surface area contributed by atoms with Crippen LogP contribution in [0, 0.1) is 0 Å². The lowest BCUT2D eigenvalue weighted by atomic mass is 10.0. The zero-order valence-electron chi connectivity index (χ0n) is 12.9. The van der Waals surface area contributed by atoms with E-state index in [1.54, 1.807) is 7.11 Å². The molecule has 0 spiro atoms. The first-order valence-corrected chi connectivity index (χ1v) is 7.72. The fourth-order valence-electron chi connectivity index (χ4n) is 2.90. The van der Waals surface area contributed by atoms with Crippen LogP contribution in [-0.4, -0.2) is 45.2 Å². The topological polar surface area (TPSA) is 15.7 Å². The van der Waals surface area contributed by atoms with E-state index in [9.17, 15) is 0 Å². The van der Waals surface area contributed by atoms with E-state index in [0.717, 1.165) is 36.0 Å². The monoisotopic (exact) mass is 296 g/mol. The average molecular weight is 297 g/mol. The summed E-state index contributed by atoms with van der Waals surface area (Å²) < 4.78 is 5.56. The van der Waals surface area contributed by atoms with Crippen LogP contribution in [0.2, 0.25) is 5.02 Å². The van der Waals surface area contributed by atoms with Gasteiger partial charge in [0.25, 0.3) is 0 Å². The molecule has 1 fully saturated rings. The van der Waals surface area contributed by atoms with E-state index in [2.05, 4.69) is 43.0 Å². The van der Waals surface area contributed by atoms with Crippen molar-refractivity contribution in [3.63, 3.8) is 0 Å². The quantitative estimate of drug-likeness (QED) is 0.846. The molecule has 1 aliphatic heterocycles. The summed E-state index contributed by atoms with van der Waals surface area (Å²) in [6, 6.07) is 4.85. The number of rotatable bonds is 4. The van der Waals surface area contributed by atoms with Crippen LogP contribution in [-0.2, 0) is 6.42 Å². The Hall–Kier alpha value is -0.930. The molecule has 0 bridgehead atoms. The molecular weight excluding hydrogens is 272 g/mol. The highest BCUT2D eigenvalue weighted by Crippen LogP contribution is 2.38. The van der Waals surface area contributed by atoms with Crippen LogP contribution in [0.15, 0.2) is 12.1 Å². The predicted molar refractivity (Wildman–Crippen MR) is 86.3 cm³/mol. The van der Waals surface area contributed by atoms with Gasteiger partial charge in [-0.3, -0.25) is 0 Å². The first-order chi connectivity index (χ1) is 9.56. The molecule has 20 heavy (non-hydrogen) atoms. The zero-order valence-corrected chi connectivity index (χ0v) is 13.7. The van der Waals surface area contributed by atoms with Crippen LogP contribution in [0.5, 0.6) is 5.75 Å². The number of benzene rings is 1. The Morgan fingerprint density at radius 3 is 2.45 bits per heavy atom. The average Bonchev–Trinajstić information content (AvgIpc) is 2.46. The summed E-state index contributed by atoms with van der Waals surface area (Å²) >= 11 is 6.49. The Labute approximate surface area is 127 Å². The minimum absolute atomic E-state index is 0.672. The van der Waals surface area contributed by atoms with Gasteiger partial charge in [-0.15, -0.1) is 0 Å². The van der Waals surface area contributed by atoms with Gasteiger partial charge in [0.15, 0.2) is 0 Å². The number of piperidine rings is 1. The molecule has 1 aliphatic rings. The third-order valence-electron chi connectivity index (χ3n) is 4.23. The van der Waals surface area contributed by atoms with Crippen molar-refractivity contribution >= 4 is 17.3 Å². The minimum Gasteiger partial charge on any atom is -0.495 e. The maximum absolute atomic E-state index is 6.49. The van der Waals surface area contributed by atoms with Crippen molar-refractivity contribution in [2.75, 3.05) is 39.2 Å². The summed E-state index contributed by atoms with van der Waals surface area (Å²) in [6.07, 6.45) is 3.31. The molecule has 0 N–H and O–H groups in total. The van der Waals surface area contributed by atoms with Gasteiger partial charge >= 0.3 is 0 Å². The van der Waals surface area contributed by atoms with E-state index < -0.39 is 0 Å². The molecule has 112 valence electrons. The SMILES string of the molecule is CCc1cc(Cl)c(N2CCC(N(C)C)CC2)c(OC)c1. The maximum atomic E-state index is 6.49. The molecule has 1 aromatic rings.